The Morgan fingerprint density at radius 1 is 1.00 bits per heavy atom. The van der Waals surface area contributed by atoms with Gasteiger partial charge < -0.3 is 5.01 Å². The SMILES string of the molecule is CC12CCCCCCC1(C)N(N)c1ccc([Si](C)(C)C)cc12. The van der Waals surface area contributed by atoms with Crippen LogP contribution in [0.1, 0.15) is 57.9 Å². The molecule has 1 aliphatic heterocycles. The summed E-state index contributed by atoms with van der Waals surface area (Å²) in [5.74, 6) is 6.64. The number of nitrogens with zero attached hydrogens (tertiary/aromatic N) is 1. The van der Waals surface area contributed by atoms with Crippen molar-refractivity contribution >= 4 is 18.9 Å². The van der Waals surface area contributed by atoms with Crippen LogP contribution in [-0.4, -0.2) is 13.6 Å². The minimum atomic E-state index is -1.29. The summed E-state index contributed by atoms with van der Waals surface area (Å²) in [5, 5.41) is 3.67. The van der Waals surface area contributed by atoms with Crippen LogP contribution in [0.25, 0.3) is 0 Å². The smallest absolute Gasteiger partial charge is 0.0776 e. The second-order valence-electron chi connectivity index (χ2n) is 8.87. The van der Waals surface area contributed by atoms with Crippen LogP contribution in [0.4, 0.5) is 5.69 Å². The summed E-state index contributed by atoms with van der Waals surface area (Å²) < 4.78 is 0. The summed E-state index contributed by atoms with van der Waals surface area (Å²) in [4.78, 5) is 0. The maximum Gasteiger partial charge on any atom is 0.0776 e. The van der Waals surface area contributed by atoms with E-state index in [0.29, 0.717) is 0 Å². The molecule has 2 nitrogen and oxygen atoms in total. The largest absolute Gasteiger partial charge is 0.304 e. The molecule has 0 radical (unpaired) electrons. The zero-order valence-electron chi connectivity index (χ0n) is 15.0. The number of anilines is 1. The van der Waals surface area contributed by atoms with E-state index in [9.17, 15) is 0 Å². The number of fused-ring (bicyclic) bond motifs is 3. The van der Waals surface area contributed by atoms with Crippen molar-refractivity contribution in [1.29, 1.82) is 0 Å². The van der Waals surface area contributed by atoms with Crippen molar-refractivity contribution in [2.75, 3.05) is 5.01 Å². The van der Waals surface area contributed by atoms with Gasteiger partial charge in [0.1, 0.15) is 0 Å². The lowest BCUT2D eigenvalue weighted by Gasteiger charge is -2.46. The summed E-state index contributed by atoms with van der Waals surface area (Å²) in [6.07, 6.45) is 7.83. The third-order valence-corrected chi connectivity index (χ3v) is 8.57. The van der Waals surface area contributed by atoms with Gasteiger partial charge in [0.2, 0.25) is 0 Å². The molecule has 0 saturated heterocycles. The van der Waals surface area contributed by atoms with Crippen LogP contribution in [-0.2, 0) is 5.41 Å². The molecule has 0 aromatic heterocycles. The molecule has 0 bridgehead atoms. The Morgan fingerprint density at radius 2 is 1.64 bits per heavy atom. The van der Waals surface area contributed by atoms with Crippen molar-refractivity contribution in [2.45, 2.75) is 83.0 Å². The molecular formula is C19H32N2Si. The molecule has 2 aliphatic rings. The topological polar surface area (TPSA) is 29.3 Å². The molecule has 2 N–H and O–H groups in total. The lowest BCUT2D eigenvalue weighted by atomic mass is 9.64. The first kappa shape index (κ1) is 16.1. The highest BCUT2D eigenvalue weighted by Crippen LogP contribution is 2.55. The number of hydrogen-bond donors (Lipinski definition) is 1. The Hall–Kier alpha value is -0.803. The van der Waals surface area contributed by atoms with E-state index in [1.165, 1.54) is 49.8 Å². The van der Waals surface area contributed by atoms with E-state index < -0.39 is 8.07 Å². The molecule has 0 amide bonds. The Labute approximate surface area is 137 Å². The third-order valence-electron chi connectivity index (χ3n) is 6.53. The predicted octanol–water partition coefficient (Wildman–Crippen LogP) is 4.30. The number of nitrogens with two attached hydrogens (primary N) is 1. The van der Waals surface area contributed by atoms with E-state index in [4.69, 9.17) is 5.84 Å². The highest BCUT2D eigenvalue weighted by Gasteiger charge is 2.55. The Morgan fingerprint density at radius 3 is 2.27 bits per heavy atom. The first-order valence-electron chi connectivity index (χ1n) is 8.90. The zero-order valence-corrected chi connectivity index (χ0v) is 16.0. The quantitative estimate of drug-likeness (QED) is 0.618. The number of rotatable bonds is 1. The molecule has 1 fully saturated rings. The standard InChI is InChI=1S/C19H32N2Si/c1-18-12-8-6-7-9-13-19(18,2)21(20)17-11-10-15(14-16(17)18)22(3,4)5/h10-11,14H,6-9,12-13,20H2,1-5H3. The Kier molecular flexibility index (Phi) is 3.73. The van der Waals surface area contributed by atoms with Crippen LogP contribution in [0.3, 0.4) is 0 Å². The molecule has 1 heterocycles. The van der Waals surface area contributed by atoms with Gasteiger partial charge in [-0.1, -0.05) is 69.6 Å². The third kappa shape index (κ3) is 2.16. The fourth-order valence-corrected chi connectivity index (χ4v) is 5.74. The van der Waals surface area contributed by atoms with Gasteiger partial charge in [-0.15, -0.1) is 0 Å². The molecule has 3 rings (SSSR count). The first-order valence-corrected chi connectivity index (χ1v) is 12.4. The number of hydrazine groups is 1. The summed E-state index contributed by atoms with van der Waals surface area (Å²) >= 11 is 0. The molecule has 1 saturated carbocycles. The summed E-state index contributed by atoms with van der Waals surface area (Å²) in [6.45, 7) is 12.2. The van der Waals surface area contributed by atoms with E-state index in [1.54, 1.807) is 5.19 Å². The fourth-order valence-electron chi connectivity index (χ4n) is 4.58. The lowest BCUT2D eigenvalue weighted by Crippen LogP contribution is -2.58. The van der Waals surface area contributed by atoms with E-state index >= 15 is 0 Å². The van der Waals surface area contributed by atoms with Crippen molar-refractivity contribution in [3.05, 3.63) is 23.8 Å². The normalized spacial score (nSPS) is 32.2. The van der Waals surface area contributed by atoms with Crippen LogP contribution < -0.4 is 16.0 Å². The second-order valence-corrected chi connectivity index (χ2v) is 13.9. The van der Waals surface area contributed by atoms with Gasteiger partial charge in [-0.2, -0.15) is 0 Å². The minimum absolute atomic E-state index is 0.0633. The van der Waals surface area contributed by atoms with Crippen molar-refractivity contribution in [2.24, 2.45) is 5.84 Å². The molecule has 2 unspecified atom stereocenters. The van der Waals surface area contributed by atoms with Gasteiger partial charge in [0.15, 0.2) is 0 Å². The van der Waals surface area contributed by atoms with Crippen molar-refractivity contribution in [3.63, 3.8) is 0 Å². The number of benzene rings is 1. The van der Waals surface area contributed by atoms with Crippen molar-refractivity contribution < 1.29 is 0 Å². The molecule has 1 aromatic rings. The van der Waals surface area contributed by atoms with Gasteiger partial charge in [-0.05, 0) is 31.4 Å². The van der Waals surface area contributed by atoms with Gasteiger partial charge >= 0.3 is 0 Å². The Bertz CT molecular complexity index is 577. The Balaban J connectivity index is 2.15. The average Bonchev–Trinajstić information content (AvgIpc) is 2.59. The maximum atomic E-state index is 6.64. The van der Waals surface area contributed by atoms with Crippen LogP contribution in [0.2, 0.25) is 19.6 Å². The maximum absolute atomic E-state index is 6.64. The van der Waals surface area contributed by atoms with Gasteiger partial charge in [0, 0.05) is 5.41 Å². The minimum Gasteiger partial charge on any atom is -0.304 e. The van der Waals surface area contributed by atoms with Gasteiger partial charge in [-0.3, -0.25) is 0 Å². The molecule has 3 heteroatoms. The molecule has 2 atom stereocenters. The first-order chi connectivity index (χ1) is 10.2. The predicted molar refractivity (Wildman–Crippen MR) is 99.5 cm³/mol. The van der Waals surface area contributed by atoms with Crippen LogP contribution >= 0.6 is 0 Å². The molecule has 0 spiro atoms. The molecule has 1 aromatic carbocycles. The van der Waals surface area contributed by atoms with Gasteiger partial charge in [0.25, 0.3) is 0 Å². The van der Waals surface area contributed by atoms with E-state index in [2.05, 4.69) is 56.7 Å². The molecule has 1 aliphatic carbocycles. The lowest BCUT2D eigenvalue weighted by molar-refractivity contribution is 0.206. The second kappa shape index (κ2) is 5.10. The van der Waals surface area contributed by atoms with E-state index in [-0.39, 0.29) is 11.0 Å². The summed E-state index contributed by atoms with van der Waals surface area (Å²) in [5.41, 5.74) is 3.04. The molecule has 22 heavy (non-hydrogen) atoms. The highest BCUT2D eigenvalue weighted by atomic mass is 28.3. The van der Waals surface area contributed by atoms with Crippen LogP contribution in [0, 0.1) is 0 Å². The van der Waals surface area contributed by atoms with Crippen LogP contribution in [0.15, 0.2) is 18.2 Å². The molecular weight excluding hydrogens is 284 g/mol. The van der Waals surface area contributed by atoms with Crippen molar-refractivity contribution in [1.82, 2.24) is 0 Å². The van der Waals surface area contributed by atoms with E-state index in [0.717, 1.165) is 0 Å². The summed E-state index contributed by atoms with van der Waals surface area (Å²) in [6, 6.07) is 7.13. The molecule has 122 valence electrons. The average molecular weight is 317 g/mol. The van der Waals surface area contributed by atoms with Gasteiger partial charge in [0.05, 0.1) is 19.3 Å². The van der Waals surface area contributed by atoms with Crippen LogP contribution in [0.5, 0.6) is 0 Å². The fraction of sp³-hybridized carbons (Fsp3) is 0.684. The summed E-state index contributed by atoms with van der Waals surface area (Å²) in [7, 11) is -1.29. The monoisotopic (exact) mass is 316 g/mol. The van der Waals surface area contributed by atoms with Gasteiger partial charge in [-0.25, -0.2) is 5.84 Å². The van der Waals surface area contributed by atoms with Crippen molar-refractivity contribution in [3.8, 4) is 0 Å². The number of hydrogen-bond acceptors (Lipinski definition) is 2. The van der Waals surface area contributed by atoms with E-state index in [1.807, 2.05) is 0 Å². The highest BCUT2D eigenvalue weighted by molar-refractivity contribution is 6.88. The zero-order chi connectivity index (χ0) is 16.2.